The SMILES string of the molecule is CC(C)C(NC(=O)c1ccc(Cl)cc1)C(=O)NN=Cc1cn(C(C)C)c2ccccc12. The molecule has 0 fully saturated rings. The second-order valence-corrected chi connectivity index (χ2v) is 8.48. The van der Waals surface area contributed by atoms with Crippen molar-refractivity contribution in [1.82, 2.24) is 15.3 Å². The summed E-state index contributed by atoms with van der Waals surface area (Å²) in [6, 6.07) is 14.2. The van der Waals surface area contributed by atoms with Crippen LogP contribution in [-0.4, -0.2) is 28.6 Å². The van der Waals surface area contributed by atoms with E-state index in [1.165, 1.54) is 0 Å². The topological polar surface area (TPSA) is 75.5 Å². The Morgan fingerprint density at radius 2 is 1.71 bits per heavy atom. The molecule has 7 heteroatoms. The molecule has 0 aliphatic carbocycles. The minimum absolute atomic E-state index is 0.116. The average molecular weight is 439 g/mol. The first-order chi connectivity index (χ1) is 14.8. The summed E-state index contributed by atoms with van der Waals surface area (Å²) in [5.74, 6) is -0.829. The summed E-state index contributed by atoms with van der Waals surface area (Å²) in [6.45, 7) is 7.97. The van der Waals surface area contributed by atoms with Crippen molar-refractivity contribution < 1.29 is 9.59 Å². The van der Waals surface area contributed by atoms with Crippen molar-refractivity contribution in [1.29, 1.82) is 0 Å². The maximum atomic E-state index is 12.7. The van der Waals surface area contributed by atoms with Crippen LogP contribution in [0.2, 0.25) is 5.02 Å². The summed E-state index contributed by atoms with van der Waals surface area (Å²) in [6.07, 6.45) is 3.66. The molecule has 6 nitrogen and oxygen atoms in total. The molecular weight excluding hydrogens is 412 g/mol. The maximum Gasteiger partial charge on any atom is 0.262 e. The largest absolute Gasteiger partial charge is 0.344 e. The van der Waals surface area contributed by atoms with Gasteiger partial charge in [0.25, 0.3) is 11.8 Å². The van der Waals surface area contributed by atoms with Crippen LogP contribution < -0.4 is 10.7 Å². The maximum absolute atomic E-state index is 12.7. The van der Waals surface area contributed by atoms with E-state index in [0.29, 0.717) is 16.6 Å². The number of hydrogen-bond donors (Lipinski definition) is 2. The molecule has 0 aliphatic heterocycles. The van der Waals surface area contributed by atoms with E-state index in [0.717, 1.165) is 16.5 Å². The summed E-state index contributed by atoms with van der Waals surface area (Å²) in [7, 11) is 0. The van der Waals surface area contributed by atoms with Crippen molar-refractivity contribution in [3.8, 4) is 0 Å². The number of halogens is 1. The lowest BCUT2D eigenvalue weighted by atomic mass is 10.0. The molecule has 0 bridgehead atoms. The standard InChI is InChI=1S/C24H27ClN4O2/c1-15(2)22(27-23(30)17-9-11-19(25)12-10-17)24(31)28-26-13-18-14-29(16(3)4)21-8-6-5-7-20(18)21/h5-16,22H,1-4H3,(H,27,30)(H,28,31). The highest BCUT2D eigenvalue weighted by atomic mass is 35.5. The molecule has 1 heterocycles. The molecule has 2 N–H and O–H groups in total. The van der Waals surface area contributed by atoms with E-state index in [1.54, 1.807) is 30.5 Å². The summed E-state index contributed by atoms with van der Waals surface area (Å²) < 4.78 is 2.17. The van der Waals surface area contributed by atoms with Crippen molar-refractivity contribution in [2.45, 2.75) is 39.8 Å². The third kappa shape index (κ3) is 5.33. The number of carbonyl (C=O) groups excluding carboxylic acids is 2. The molecule has 0 spiro atoms. The highest BCUT2D eigenvalue weighted by Gasteiger charge is 2.24. The Morgan fingerprint density at radius 1 is 1.03 bits per heavy atom. The van der Waals surface area contributed by atoms with Crippen LogP contribution in [0.3, 0.4) is 0 Å². The molecule has 0 saturated heterocycles. The predicted octanol–water partition coefficient (Wildman–Crippen LogP) is 4.78. The zero-order valence-corrected chi connectivity index (χ0v) is 18.9. The molecule has 1 unspecified atom stereocenters. The van der Waals surface area contributed by atoms with E-state index >= 15 is 0 Å². The Kier molecular flexibility index (Phi) is 7.13. The number of rotatable bonds is 7. The monoisotopic (exact) mass is 438 g/mol. The molecule has 1 aromatic heterocycles. The van der Waals surface area contributed by atoms with E-state index < -0.39 is 6.04 Å². The fourth-order valence-corrected chi connectivity index (χ4v) is 3.48. The number of nitrogens with one attached hydrogen (secondary N) is 2. The summed E-state index contributed by atoms with van der Waals surface area (Å²) in [4.78, 5) is 25.2. The van der Waals surface area contributed by atoms with Crippen molar-refractivity contribution in [3.63, 3.8) is 0 Å². The second-order valence-electron chi connectivity index (χ2n) is 8.04. The number of carbonyl (C=O) groups is 2. The molecule has 0 aliphatic rings. The molecular formula is C24H27ClN4O2. The Balaban J connectivity index is 1.72. The summed E-state index contributed by atoms with van der Waals surface area (Å²) >= 11 is 5.87. The number of benzene rings is 2. The van der Waals surface area contributed by atoms with Crippen LogP contribution in [0.5, 0.6) is 0 Å². The van der Waals surface area contributed by atoms with Gasteiger partial charge in [-0.05, 0) is 50.1 Å². The molecule has 0 radical (unpaired) electrons. The lowest BCUT2D eigenvalue weighted by Gasteiger charge is -2.20. The van der Waals surface area contributed by atoms with E-state index in [4.69, 9.17) is 11.6 Å². The van der Waals surface area contributed by atoms with Gasteiger partial charge in [-0.15, -0.1) is 0 Å². The van der Waals surface area contributed by atoms with Gasteiger partial charge in [0.05, 0.1) is 6.21 Å². The van der Waals surface area contributed by atoms with Crippen molar-refractivity contribution in [2.24, 2.45) is 11.0 Å². The Bertz CT molecular complexity index is 1100. The molecule has 31 heavy (non-hydrogen) atoms. The first-order valence-corrected chi connectivity index (χ1v) is 10.6. The minimum atomic E-state index is -0.725. The predicted molar refractivity (Wildman–Crippen MR) is 126 cm³/mol. The lowest BCUT2D eigenvalue weighted by molar-refractivity contribution is -0.123. The number of para-hydroxylation sites is 1. The summed E-state index contributed by atoms with van der Waals surface area (Å²) in [5, 5.41) is 8.53. The van der Waals surface area contributed by atoms with Gasteiger partial charge in [-0.1, -0.05) is 43.6 Å². The van der Waals surface area contributed by atoms with Crippen LogP contribution in [0, 0.1) is 5.92 Å². The zero-order chi connectivity index (χ0) is 22.5. The van der Waals surface area contributed by atoms with Crippen LogP contribution >= 0.6 is 11.6 Å². The number of hydrogen-bond acceptors (Lipinski definition) is 3. The van der Waals surface area contributed by atoms with Crippen LogP contribution in [0.1, 0.15) is 49.7 Å². The molecule has 2 aromatic carbocycles. The third-order valence-corrected chi connectivity index (χ3v) is 5.30. The Labute approximate surface area is 187 Å². The molecule has 1 atom stereocenters. The normalized spacial score (nSPS) is 12.6. The number of aromatic nitrogens is 1. The molecule has 3 rings (SSSR count). The fourth-order valence-electron chi connectivity index (χ4n) is 3.36. The van der Waals surface area contributed by atoms with E-state index in [9.17, 15) is 9.59 Å². The van der Waals surface area contributed by atoms with Crippen molar-refractivity contribution in [2.75, 3.05) is 0 Å². The number of fused-ring (bicyclic) bond motifs is 1. The number of nitrogens with zero attached hydrogens (tertiary/aromatic N) is 2. The smallest absolute Gasteiger partial charge is 0.262 e. The van der Waals surface area contributed by atoms with Crippen molar-refractivity contribution in [3.05, 3.63) is 70.9 Å². The Morgan fingerprint density at radius 3 is 2.35 bits per heavy atom. The minimum Gasteiger partial charge on any atom is -0.344 e. The highest BCUT2D eigenvalue weighted by molar-refractivity contribution is 6.30. The fraction of sp³-hybridized carbons (Fsp3) is 0.292. The molecule has 2 amide bonds. The highest BCUT2D eigenvalue weighted by Crippen LogP contribution is 2.23. The third-order valence-electron chi connectivity index (χ3n) is 5.05. The van der Waals surface area contributed by atoms with Gasteiger partial charge in [0.2, 0.25) is 0 Å². The molecule has 3 aromatic rings. The van der Waals surface area contributed by atoms with E-state index in [1.807, 2.05) is 38.2 Å². The van der Waals surface area contributed by atoms with Gasteiger partial charge in [0.1, 0.15) is 6.04 Å². The lowest BCUT2D eigenvalue weighted by Crippen LogP contribution is -2.48. The number of hydrazone groups is 1. The first-order valence-electron chi connectivity index (χ1n) is 10.3. The van der Waals surface area contributed by atoms with Crippen LogP contribution in [0.4, 0.5) is 0 Å². The van der Waals surface area contributed by atoms with Gasteiger partial charge in [-0.2, -0.15) is 5.10 Å². The van der Waals surface area contributed by atoms with Gasteiger partial charge >= 0.3 is 0 Å². The van der Waals surface area contributed by atoms with E-state index in [2.05, 4.69) is 40.3 Å². The second kappa shape index (κ2) is 9.79. The Hall–Kier alpha value is -3.12. The van der Waals surface area contributed by atoms with Gasteiger partial charge in [-0.25, -0.2) is 5.43 Å². The molecule has 0 saturated carbocycles. The van der Waals surface area contributed by atoms with Gasteiger partial charge < -0.3 is 9.88 Å². The van der Waals surface area contributed by atoms with Crippen LogP contribution in [0.25, 0.3) is 10.9 Å². The van der Waals surface area contributed by atoms with Crippen LogP contribution in [-0.2, 0) is 4.79 Å². The van der Waals surface area contributed by atoms with Gasteiger partial charge in [0.15, 0.2) is 0 Å². The molecule has 162 valence electrons. The number of amides is 2. The quantitative estimate of drug-likeness (QED) is 0.411. The zero-order valence-electron chi connectivity index (χ0n) is 18.1. The van der Waals surface area contributed by atoms with Crippen LogP contribution in [0.15, 0.2) is 59.8 Å². The first kappa shape index (κ1) is 22.6. The van der Waals surface area contributed by atoms with Gasteiger partial charge in [-0.3, -0.25) is 9.59 Å². The average Bonchev–Trinajstić information content (AvgIpc) is 3.11. The van der Waals surface area contributed by atoms with Gasteiger partial charge in [0, 0.05) is 39.3 Å². The van der Waals surface area contributed by atoms with Crippen molar-refractivity contribution >= 4 is 40.5 Å². The summed E-state index contributed by atoms with van der Waals surface area (Å²) in [5.41, 5.74) is 5.03. The van der Waals surface area contributed by atoms with E-state index in [-0.39, 0.29) is 17.7 Å².